The number of phenolic OH excluding ortho intramolecular Hbond substituents is 1. The van der Waals surface area contributed by atoms with Crippen molar-refractivity contribution in [2.75, 3.05) is 27.6 Å². The Bertz CT molecular complexity index is 1360. The molecule has 38 heavy (non-hydrogen) atoms. The van der Waals surface area contributed by atoms with E-state index in [0.29, 0.717) is 69.6 Å². The number of hydrogen-bond acceptors (Lipinski definition) is 7. The highest BCUT2D eigenvalue weighted by molar-refractivity contribution is 6.00. The van der Waals surface area contributed by atoms with Crippen molar-refractivity contribution in [1.82, 2.24) is 0 Å². The molecule has 0 spiro atoms. The first-order chi connectivity index (χ1) is 18.4. The van der Waals surface area contributed by atoms with Crippen LogP contribution in [0.25, 0.3) is 16.7 Å². The lowest BCUT2D eigenvalue weighted by Crippen LogP contribution is -2.09. The molecule has 3 aromatic rings. The zero-order valence-corrected chi connectivity index (χ0v) is 22.0. The molecule has 4 rings (SSSR count). The number of carboxylic acid groups (broad SMARTS) is 1. The van der Waals surface area contributed by atoms with E-state index in [9.17, 15) is 15.0 Å². The van der Waals surface area contributed by atoms with E-state index in [-0.39, 0.29) is 24.5 Å². The lowest BCUT2D eigenvalue weighted by Gasteiger charge is -2.20. The maximum absolute atomic E-state index is 12.7. The van der Waals surface area contributed by atoms with Crippen molar-refractivity contribution in [1.29, 1.82) is 0 Å². The number of rotatable bonds is 11. The summed E-state index contributed by atoms with van der Waals surface area (Å²) in [4.78, 5) is 12.7. The van der Waals surface area contributed by atoms with E-state index in [1.807, 2.05) is 32.0 Å². The van der Waals surface area contributed by atoms with E-state index < -0.39 is 5.97 Å². The molecule has 1 heterocycles. The number of aliphatic carboxylic acids is 1. The molecule has 0 amide bonds. The minimum atomic E-state index is -1.05. The molecule has 0 aliphatic carbocycles. The van der Waals surface area contributed by atoms with Crippen molar-refractivity contribution >= 4 is 11.5 Å². The summed E-state index contributed by atoms with van der Waals surface area (Å²) >= 11 is 0. The van der Waals surface area contributed by atoms with Crippen molar-refractivity contribution in [3.8, 4) is 45.6 Å². The Labute approximate surface area is 222 Å². The summed E-state index contributed by atoms with van der Waals surface area (Å²) in [5.74, 6) is 1.63. The normalized spacial score (nSPS) is 12.6. The summed E-state index contributed by atoms with van der Waals surface area (Å²) in [5.41, 5.74) is 3.28. The van der Waals surface area contributed by atoms with E-state index in [1.54, 1.807) is 24.3 Å². The molecule has 200 valence electrons. The van der Waals surface area contributed by atoms with Crippen molar-refractivity contribution in [3.63, 3.8) is 0 Å². The van der Waals surface area contributed by atoms with Crippen LogP contribution in [0.2, 0.25) is 0 Å². The molecule has 0 atom stereocenters. The number of carboxylic acids is 1. The second kappa shape index (κ2) is 11.8. The van der Waals surface area contributed by atoms with Gasteiger partial charge in [-0.15, -0.1) is 0 Å². The number of carbonyl (C=O) groups is 1. The molecule has 0 bridgehead atoms. The molecule has 1 aliphatic rings. The smallest absolute Gasteiger partial charge is 0.332 e. The summed E-state index contributed by atoms with van der Waals surface area (Å²) in [6, 6.07) is 14.0. The first-order valence-electron chi connectivity index (χ1n) is 12.5. The first kappa shape index (κ1) is 26.7. The predicted molar refractivity (Wildman–Crippen MR) is 144 cm³/mol. The van der Waals surface area contributed by atoms with Crippen LogP contribution in [-0.2, 0) is 11.2 Å². The Morgan fingerprint density at radius 1 is 0.974 bits per heavy atom. The lowest BCUT2D eigenvalue weighted by molar-refractivity contribution is -0.132. The zero-order valence-electron chi connectivity index (χ0n) is 22.0. The molecule has 0 radical (unpaired) electrons. The van der Waals surface area contributed by atoms with Crippen LogP contribution in [0.4, 0.5) is 0 Å². The van der Waals surface area contributed by atoms with Gasteiger partial charge in [-0.25, -0.2) is 4.79 Å². The highest BCUT2D eigenvalue weighted by Gasteiger charge is 2.25. The third-order valence-corrected chi connectivity index (χ3v) is 6.41. The molecule has 0 saturated heterocycles. The number of fused-ring (bicyclic) bond motifs is 1. The summed E-state index contributed by atoms with van der Waals surface area (Å²) in [6.45, 7) is 4.49. The highest BCUT2D eigenvalue weighted by atomic mass is 16.7. The number of hydrogen-bond donors (Lipinski definition) is 2. The van der Waals surface area contributed by atoms with Gasteiger partial charge in [-0.2, -0.15) is 0 Å². The van der Waals surface area contributed by atoms with Crippen LogP contribution >= 0.6 is 0 Å². The maximum Gasteiger partial charge on any atom is 0.332 e. The van der Waals surface area contributed by atoms with Gasteiger partial charge in [0.2, 0.25) is 6.79 Å². The number of allylic oxidation sites excluding steroid dienone is 1. The van der Waals surface area contributed by atoms with E-state index >= 15 is 0 Å². The van der Waals surface area contributed by atoms with Gasteiger partial charge in [-0.05, 0) is 48.2 Å². The molecule has 3 aromatic carbocycles. The van der Waals surface area contributed by atoms with Gasteiger partial charge < -0.3 is 33.9 Å². The van der Waals surface area contributed by atoms with Gasteiger partial charge in [0.1, 0.15) is 23.0 Å². The van der Waals surface area contributed by atoms with E-state index in [1.165, 1.54) is 20.3 Å². The minimum absolute atomic E-state index is 0.00270. The molecule has 0 fully saturated rings. The fourth-order valence-electron chi connectivity index (χ4n) is 4.60. The van der Waals surface area contributed by atoms with Crippen LogP contribution in [-0.4, -0.2) is 43.8 Å². The fraction of sp³-hybridized carbons (Fsp3) is 0.300. The summed E-state index contributed by atoms with van der Waals surface area (Å²) in [7, 11) is 3.06. The van der Waals surface area contributed by atoms with Crippen molar-refractivity contribution in [2.45, 2.75) is 33.1 Å². The molecular weight excluding hydrogens is 488 g/mol. The molecular formula is C30H32O8. The number of methoxy groups -OCH3 is 2. The van der Waals surface area contributed by atoms with Crippen LogP contribution in [0.3, 0.4) is 0 Å². The van der Waals surface area contributed by atoms with Crippen LogP contribution < -0.4 is 23.7 Å². The topological polar surface area (TPSA) is 104 Å². The average Bonchev–Trinajstić information content (AvgIpc) is 3.38. The Balaban J connectivity index is 1.92. The third kappa shape index (κ3) is 5.34. The molecule has 8 heteroatoms. The average molecular weight is 521 g/mol. The fourth-order valence-corrected chi connectivity index (χ4v) is 4.60. The number of ether oxygens (including phenoxy) is 5. The van der Waals surface area contributed by atoms with Crippen LogP contribution in [0.5, 0.6) is 34.5 Å². The Hall–Kier alpha value is -4.33. The van der Waals surface area contributed by atoms with Gasteiger partial charge in [-0.1, -0.05) is 26.0 Å². The van der Waals surface area contributed by atoms with Gasteiger partial charge >= 0.3 is 5.97 Å². The molecule has 8 nitrogen and oxygen atoms in total. The zero-order chi connectivity index (χ0) is 27.2. The number of benzene rings is 3. The van der Waals surface area contributed by atoms with Gasteiger partial charge in [0.15, 0.2) is 11.5 Å². The first-order valence-corrected chi connectivity index (χ1v) is 12.5. The van der Waals surface area contributed by atoms with Crippen molar-refractivity contribution in [3.05, 3.63) is 65.2 Å². The highest BCUT2D eigenvalue weighted by Crippen LogP contribution is 2.45. The summed E-state index contributed by atoms with van der Waals surface area (Å²) in [5, 5.41) is 21.3. The molecule has 0 unspecified atom stereocenters. The Morgan fingerprint density at radius 2 is 1.74 bits per heavy atom. The Morgan fingerprint density at radius 3 is 2.37 bits per heavy atom. The van der Waals surface area contributed by atoms with Crippen LogP contribution in [0, 0.1) is 0 Å². The summed E-state index contributed by atoms with van der Waals surface area (Å²) < 4.78 is 27.8. The van der Waals surface area contributed by atoms with Gasteiger partial charge in [0.05, 0.1) is 20.8 Å². The lowest BCUT2D eigenvalue weighted by atomic mass is 9.87. The van der Waals surface area contributed by atoms with Gasteiger partial charge in [0, 0.05) is 40.8 Å². The molecule has 0 saturated carbocycles. The van der Waals surface area contributed by atoms with Crippen LogP contribution in [0.15, 0.2) is 54.1 Å². The van der Waals surface area contributed by atoms with Crippen molar-refractivity contribution < 1.29 is 38.7 Å². The Kier molecular flexibility index (Phi) is 8.31. The van der Waals surface area contributed by atoms with Gasteiger partial charge in [0.25, 0.3) is 0 Å². The van der Waals surface area contributed by atoms with E-state index in [0.717, 1.165) is 6.42 Å². The predicted octanol–water partition coefficient (Wildman–Crippen LogP) is 6.08. The second-order valence-corrected chi connectivity index (χ2v) is 8.72. The van der Waals surface area contributed by atoms with E-state index in [4.69, 9.17) is 23.7 Å². The second-order valence-electron chi connectivity index (χ2n) is 8.72. The largest absolute Gasteiger partial charge is 0.507 e. The maximum atomic E-state index is 12.7. The van der Waals surface area contributed by atoms with Gasteiger partial charge in [-0.3, -0.25) is 0 Å². The molecule has 0 aromatic heterocycles. The number of phenols is 1. The molecule has 2 N–H and O–H groups in total. The summed E-state index contributed by atoms with van der Waals surface area (Å²) in [6.07, 6.45) is 1.31. The van der Waals surface area contributed by atoms with E-state index in [2.05, 4.69) is 0 Å². The van der Waals surface area contributed by atoms with Crippen molar-refractivity contribution in [2.24, 2.45) is 0 Å². The quantitative estimate of drug-likeness (QED) is 0.293. The minimum Gasteiger partial charge on any atom is -0.507 e. The number of aromatic hydroxyl groups is 1. The molecule has 1 aliphatic heterocycles. The monoisotopic (exact) mass is 520 g/mol. The van der Waals surface area contributed by atoms with Crippen LogP contribution in [0.1, 0.15) is 37.8 Å². The SMILES string of the molecule is CCCOc1cccc(C(CC)=C(Cc2cc3c(cc2OC)OCO3)C(=O)O)c1-c1ccc(OC)cc1O. The standard InChI is InChI=1S/C30H32O8/c1-5-12-36-25-9-7-8-21(29(25)22-11-10-19(34-3)15-24(22)31)20(6-2)23(30(32)33)13-18-14-27-28(38-17-37-27)16-26(18)35-4/h7-11,14-16,31H,5-6,12-13,17H2,1-4H3,(H,32,33). The third-order valence-electron chi connectivity index (χ3n) is 6.41.